The summed E-state index contributed by atoms with van der Waals surface area (Å²) in [5, 5.41) is 0.332. The summed E-state index contributed by atoms with van der Waals surface area (Å²) in [4.78, 5) is 15.9. The van der Waals surface area contributed by atoms with Gasteiger partial charge in [0.05, 0.1) is 5.56 Å². The minimum absolute atomic E-state index is 0.207. The molecule has 0 saturated carbocycles. The Morgan fingerprint density at radius 3 is 2.52 bits per heavy atom. The average Bonchev–Trinajstić information content (AvgIpc) is 2.48. The van der Waals surface area contributed by atoms with E-state index in [2.05, 4.69) is 4.98 Å². The van der Waals surface area contributed by atoms with Crippen LogP contribution in [0.4, 0.5) is 4.39 Å². The van der Waals surface area contributed by atoms with Gasteiger partial charge in [0.25, 0.3) is 0 Å². The molecule has 1 heterocycles. The Bertz CT molecular complexity index is 854. The molecule has 0 saturated heterocycles. The van der Waals surface area contributed by atoms with E-state index in [0.29, 0.717) is 22.2 Å². The summed E-state index contributed by atoms with van der Waals surface area (Å²) < 4.78 is 13.4. The molecular formula is C17H15FN2O. The molecule has 1 unspecified atom stereocenters. The number of rotatable bonds is 2. The van der Waals surface area contributed by atoms with Crippen LogP contribution in [-0.4, -0.2) is 4.98 Å². The molecule has 2 aromatic carbocycles. The first kappa shape index (κ1) is 13.5. The van der Waals surface area contributed by atoms with Crippen molar-refractivity contribution in [2.45, 2.75) is 13.0 Å². The van der Waals surface area contributed by atoms with Crippen molar-refractivity contribution in [3.8, 4) is 11.1 Å². The zero-order valence-electron chi connectivity index (χ0n) is 11.6. The number of H-pyrrole nitrogens is 1. The molecule has 0 amide bonds. The summed E-state index contributed by atoms with van der Waals surface area (Å²) in [6.45, 7) is 1.81. The molecule has 21 heavy (non-hydrogen) atoms. The van der Waals surface area contributed by atoms with Gasteiger partial charge in [-0.25, -0.2) is 4.39 Å². The second kappa shape index (κ2) is 5.14. The summed E-state index contributed by atoms with van der Waals surface area (Å²) in [7, 11) is 0. The van der Waals surface area contributed by atoms with Crippen LogP contribution in [0.5, 0.6) is 0 Å². The number of benzene rings is 2. The number of pyridine rings is 1. The first-order valence-electron chi connectivity index (χ1n) is 6.74. The molecule has 3 aromatic rings. The topological polar surface area (TPSA) is 58.9 Å². The Balaban J connectivity index is 2.43. The van der Waals surface area contributed by atoms with Crippen LogP contribution in [0.25, 0.3) is 22.0 Å². The quantitative estimate of drug-likeness (QED) is 0.757. The third-order valence-electron chi connectivity index (χ3n) is 3.51. The van der Waals surface area contributed by atoms with Crippen molar-refractivity contribution < 1.29 is 4.39 Å². The van der Waals surface area contributed by atoms with Gasteiger partial charge in [0.15, 0.2) is 5.43 Å². The van der Waals surface area contributed by atoms with Crippen LogP contribution in [-0.2, 0) is 0 Å². The van der Waals surface area contributed by atoms with Crippen LogP contribution < -0.4 is 11.2 Å². The van der Waals surface area contributed by atoms with Gasteiger partial charge >= 0.3 is 0 Å². The second-order valence-corrected chi connectivity index (χ2v) is 5.09. The maximum atomic E-state index is 13.4. The highest BCUT2D eigenvalue weighted by atomic mass is 19.1. The minimum atomic E-state index is -0.430. The largest absolute Gasteiger partial charge is 0.356 e. The first-order chi connectivity index (χ1) is 10.1. The Kier molecular flexibility index (Phi) is 3.31. The molecule has 0 bridgehead atoms. The number of hydrogen-bond acceptors (Lipinski definition) is 2. The summed E-state index contributed by atoms with van der Waals surface area (Å²) in [5.74, 6) is -0.430. The first-order valence-corrected chi connectivity index (χ1v) is 6.74. The molecule has 106 valence electrons. The Morgan fingerprint density at radius 1 is 1.14 bits per heavy atom. The van der Waals surface area contributed by atoms with Gasteiger partial charge in [0.1, 0.15) is 5.82 Å². The lowest BCUT2D eigenvalue weighted by molar-refractivity contribution is 0.629. The highest BCUT2D eigenvalue weighted by molar-refractivity contribution is 5.85. The van der Waals surface area contributed by atoms with Crippen LogP contribution in [0.15, 0.2) is 53.3 Å². The highest BCUT2D eigenvalue weighted by Gasteiger charge is 2.16. The zero-order valence-corrected chi connectivity index (χ0v) is 11.6. The second-order valence-electron chi connectivity index (χ2n) is 5.09. The average molecular weight is 282 g/mol. The van der Waals surface area contributed by atoms with Crippen molar-refractivity contribution >= 4 is 10.9 Å². The lowest BCUT2D eigenvalue weighted by Gasteiger charge is -2.14. The number of nitrogens with two attached hydrogens (primary N) is 1. The van der Waals surface area contributed by atoms with Gasteiger partial charge in [-0.15, -0.1) is 0 Å². The molecule has 0 aliphatic rings. The monoisotopic (exact) mass is 282 g/mol. The lowest BCUT2D eigenvalue weighted by atomic mass is 9.98. The fourth-order valence-corrected chi connectivity index (χ4v) is 2.51. The van der Waals surface area contributed by atoms with E-state index in [9.17, 15) is 9.18 Å². The van der Waals surface area contributed by atoms with E-state index < -0.39 is 5.82 Å². The van der Waals surface area contributed by atoms with Crippen LogP contribution in [0.2, 0.25) is 0 Å². The van der Waals surface area contributed by atoms with Gasteiger partial charge in [-0.3, -0.25) is 4.79 Å². The van der Waals surface area contributed by atoms with Crippen molar-refractivity contribution in [2.24, 2.45) is 5.73 Å². The fourth-order valence-electron chi connectivity index (χ4n) is 2.51. The van der Waals surface area contributed by atoms with E-state index in [1.54, 1.807) is 6.07 Å². The van der Waals surface area contributed by atoms with E-state index in [4.69, 9.17) is 5.73 Å². The SMILES string of the molecule is CC(N)c1[nH]c2ccc(F)cc2c(=O)c1-c1ccccc1. The number of aromatic amines is 1. The zero-order chi connectivity index (χ0) is 15.0. The number of aromatic nitrogens is 1. The number of fused-ring (bicyclic) bond motifs is 1. The van der Waals surface area contributed by atoms with Crippen molar-refractivity contribution in [1.29, 1.82) is 0 Å². The summed E-state index contributed by atoms with van der Waals surface area (Å²) >= 11 is 0. The molecule has 1 aromatic heterocycles. The molecule has 0 aliphatic carbocycles. The van der Waals surface area contributed by atoms with E-state index in [0.717, 1.165) is 5.56 Å². The van der Waals surface area contributed by atoms with Crippen LogP contribution in [0.1, 0.15) is 18.7 Å². The fraction of sp³-hybridized carbons (Fsp3) is 0.118. The maximum Gasteiger partial charge on any atom is 0.197 e. The number of nitrogens with one attached hydrogen (secondary N) is 1. The van der Waals surface area contributed by atoms with E-state index in [1.807, 2.05) is 37.3 Å². The summed E-state index contributed by atoms with van der Waals surface area (Å²) in [6.07, 6.45) is 0. The minimum Gasteiger partial charge on any atom is -0.356 e. The predicted octanol–water partition coefficient (Wildman–Crippen LogP) is 3.35. The molecule has 0 radical (unpaired) electrons. The van der Waals surface area contributed by atoms with Crippen molar-refractivity contribution in [1.82, 2.24) is 4.98 Å². The molecule has 3 rings (SSSR count). The highest BCUT2D eigenvalue weighted by Crippen LogP contribution is 2.25. The molecule has 3 N–H and O–H groups in total. The van der Waals surface area contributed by atoms with Gasteiger partial charge in [0.2, 0.25) is 0 Å². The molecule has 3 nitrogen and oxygen atoms in total. The maximum absolute atomic E-state index is 13.4. The van der Waals surface area contributed by atoms with Crippen LogP contribution in [0, 0.1) is 5.82 Å². The van der Waals surface area contributed by atoms with Crippen molar-refractivity contribution in [2.75, 3.05) is 0 Å². The summed E-state index contributed by atoms with van der Waals surface area (Å²) in [6, 6.07) is 13.1. The Hall–Kier alpha value is -2.46. The van der Waals surface area contributed by atoms with Gasteiger partial charge < -0.3 is 10.7 Å². The van der Waals surface area contributed by atoms with Gasteiger partial charge in [0, 0.05) is 22.6 Å². The predicted molar refractivity (Wildman–Crippen MR) is 82.6 cm³/mol. The van der Waals surface area contributed by atoms with E-state index in [1.165, 1.54) is 12.1 Å². The normalized spacial score (nSPS) is 12.5. The van der Waals surface area contributed by atoms with Gasteiger partial charge in [-0.2, -0.15) is 0 Å². The molecule has 0 spiro atoms. The molecule has 4 heteroatoms. The Labute approximate surface area is 121 Å². The van der Waals surface area contributed by atoms with E-state index >= 15 is 0 Å². The standard InChI is InChI=1S/C17H15FN2O/c1-10(19)16-15(11-5-3-2-4-6-11)17(21)13-9-12(18)7-8-14(13)20-16/h2-10H,19H2,1H3,(H,20,21). The Morgan fingerprint density at radius 2 is 1.86 bits per heavy atom. The van der Waals surface area contributed by atoms with Gasteiger partial charge in [-0.05, 0) is 30.7 Å². The summed E-state index contributed by atoms with van der Waals surface area (Å²) in [5.41, 5.74) is 8.32. The van der Waals surface area contributed by atoms with Crippen LogP contribution in [0.3, 0.4) is 0 Å². The lowest BCUT2D eigenvalue weighted by Crippen LogP contribution is -2.17. The van der Waals surface area contributed by atoms with Crippen LogP contribution >= 0.6 is 0 Å². The smallest absolute Gasteiger partial charge is 0.197 e. The molecule has 0 aliphatic heterocycles. The van der Waals surface area contributed by atoms with E-state index in [-0.39, 0.29) is 11.5 Å². The number of hydrogen-bond donors (Lipinski definition) is 2. The van der Waals surface area contributed by atoms with Crippen molar-refractivity contribution in [3.05, 3.63) is 70.3 Å². The molecule has 1 atom stereocenters. The molecular weight excluding hydrogens is 267 g/mol. The van der Waals surface area contributed by atoms with Gasteiger partial charge in [-0.1, -0.05) is 30.3 Å². The van der Waals surface area contributed by atoms with Crippen molar-refractivity contribution in [3.63, 3.8) is 0 Å². The third-order valence-corrected chi connectivity index (χ3v) is 3.51. The number of halogens is 1. The third kappa shape index (κ3) is 2.34. The molecule has 0 fully saturated rings.